The summed E-state index contributed by atoms with van der Waals surface area (Å²) in [5.74, 6) is 2.65. The van der Waals surface area contributed by atoms with E-state index in [0.717, 1.165) is 62.7 Å². The highest BCUT2D eigenvalue weighted by atomic mass is 127. The molecule has 1 heterocycles. The third-order valence-corrected chi connectivity index (χ3v) is 7.31. The molecule has 0 aliphatic heterocycles. The molecule has 0 bridgehead atoms. The maximum absolute atomic E-state index is 12.2. The van der Waals surface area contributed by atoms with Crippen molar-refractivity contribution in [2.75, 3.05) is 18.8 Å². The molecule has 2 aromatic rings. The fourth-order valence-electron chi connectivity index (χ4n) is 4.02. The molecular weight excluding hydrogens is 521 g/mol. The lowest BCUT2D eigenvalue weighted by molar-refractivity contribution is 0.413. The van der Waals surface area contributed by atoms with Gasteiger partial charge in [-0.05, 0) is 31.7 Å². The van der Waals surface area contributed by atoms with Gasteiger partial charge in [0.25, 0.3) is 0 Å². The zero-order valence-electron chi connectivity index (χ0n) is 18.6. The lowest BCUT2D eigenvalue weighted by atomic mass is 9.95. The first-order valence-corrected chi connectivity index (χ1v) is 12.5. The van der Waals surface area contributed by atoms with Crippen molar-refractivity contribution in [1.29, 1.82) is 0 Å². The van der Waals surface area contributed by atoms with Gasteiger partial charge in [-0.25, -0.2) is 4.98 Å². The zero-order chi connectivity index (χ0) is 21.2. The van der Waals surface area contributed by atoms with Gasteiger partial charge >= 0.3 is 0 Å². The van der Waals surface area contributed by atoms with Crippen LogP contribution in [0.1, 0.15) is 50.9 Å². The highest BCUT2D eigenvalue weighted by Gasteiger charge is 2.26. The fraction of sp³-hybridized carbons (Fsp3) is 0.565. The Morgan fingerprint density at radius 3 is 2.81 bits per heavy atom. The molecule has 0 saturated heterocycles. The van der Waals surface area contributed by atoms with Crippen LogP contribution in [-0.2, 0) is 23.8 Å². The molecule has 1 aliphatic rings. The summed E-state index contributed by atoms with van der Waals surface area (Å²) in [6.45, 7) is 6.43. The van der Waals surface area contributed by atoms with Gasteiger partial charge in [0.1, 0.15) is 5.82 Å². The third kappa shape index (κ3) is 8.21. The van der Waals surface area contributed by atoms with Crippen LogP contribution in [0.3, 0.4) is 0 Å². The molecule has 1 fully saturated rings. The quantitative estimate of drug-likeness (QED) is 0.280. The van der Waals surface area contributed by atoms with Crippen LogP contribution in [0, 0.1) is 0 Å². The molecule has 1 aromatic heterocycles. The summed E-state index contributed by atoms with van der Waals surface area (Å²) in [5.41, 5.74) is 1.27. The summed E-state index contributed by atoms with van der Waals surface area (Å²) in [4.78, 5) is 9.31. The second-order valence-corrected chi connectivity index (χ2v) is 9.77. The molecule has 1 aliphatic carbocycles. The highest BCUT2D eigenvalue weighted by molar-refractivity contribution is 14.0. The van der Waals surface area contributed by atoms with E-state index in [1.807, 2.05) is 25.4 Å². The van der Waals surface area contributed by atoms with E-state index in [1.165, 1.54) is 5.56 Å². The first-order chi connectivity index (χ1) is 14.7. The minimum Gasteiger partial charge on any atom is -0.357 e. The topological polar surface area (TPSA) is 71.3 Å². The van der Waals surface area contributed by atoms with Gasteiger partial charge in [-0.15, -0.1) is 24.0 Å². The van der Waals surface area contributed by atoms with Gasteiger partial charge < -0.3 is 15.2 Å². The van der Waals surface area contributed by atoms with E-state index in [4.69, 9.17) is 4.99 Å². The number of nitrogens with one attached hydrogen (secondary N) is 2. The number of hydrogen-bond acceptors (Lipinski definition) is 3. The summed E-state index contributed by atoms with van der Waals surface area (Å²) in [5, 5.41) is 7.25. The van der Waals surface area contributed by atoms with Gasteiger partial charge in [-0.2, -0.15) is 0 Å². The van der Waals surface area contributed by atoms with Crippen molar-refractivity contribution in [1.82, 2.24) is 20.2 Å². The molecule has 3 rings (SSSR count). The smallest absolute Gasteiger partial charge is 0.191 e. The number of hydrogen-bond donors (Lipinski definition) is 2. The molecule has 172 valence electrons. The Hall–Kier alpha value is -1.42. The summed E-state index contributed by atoms with van der Waals surface area (Å²) in [6, 6.07) is 10.8. The molecule has 2 N–H and O–H groups in total. The van der Waals surface area contributed by atoms with Crippen LogP contribution in [0.15, 0.2) is 47.7 Å². The SMILES string of the molecule is CCNC(=NCCc1nccn1Cc1ccccc1)NC1CCCC(S(=O)CC)C1.I. The van der Waals surface area contributed by atoms with E-state index in [-0.39, 0.29) is 24.0 Å². The second-order valence-electron chi connectivity index (χ2n) is 7.77. The maximum Gasteiger partial charge on any atom is 0.191 e. The van der Waals surface area contributed by atoms with E-state index < -0.39 is 10.8 Å². The molecule has 0 spiro atoms. The van der Waals surface area contributed by atoms with Gasteiger partial charge in [-0.1, -0.05) is 43.7 Å². The minimum atomic E-state index is -0.709. The molecule has 0 amide bonds. The normalized spacial score (nSPS) is 20.0. The number of halogens is 1. The van der Waals surface area contributed by atoms with Crippen molar-refractivity contribution in [3.63, 3.8) is 0 Å². The standard InChI is InChI=1S/C23H35N5OS.HI/c1-3-24-23(27-20-11-8-12-21(17-20)30(29)4-2)26-14-13-22-25-15-16-28(22)18-19-9-6-5-7-10-19;/h5-7,9-10,15-16,20-21H,3-4,8,11-14,17-18H2,1-2H3,(H2,24,26,27);1H. The monoisotopic (exact) mass is 557 g/mol. The summed E-state index contributed by atoms with van der Waals surface area (Å²) in [6.07, 6.45) is 8.98. The molecule has 31 heavy (non-hydrogen) atoms. The average molecular weight is 558 g/mol. The highest BCUT2D eigenvalue weighted by Crippen LogP contribution is 2.23. The van der Waals surface area contributed by atoms with Crippen LogP contribution in [0.5, 0.6) is 0 Å². The number of nitrogens with zero attached hydrogens (tertiary/aromatic N) is 3. The number of aromatic nitrogens is 2. The molecular formula is C23H36IN5OS. The van der Waals surface area contributed by atoms with Crippen molar-refractivity contribution < 1.29 is 4.21 Å². The molecule has 1 aromatic carbocycles. The van der Waals surface area contributed by atoms with Crippen molar-refractivity contribution >= 4 is 40.7 Å². The Balaban J connectivity index is 0.00000341. The molecule has 8 heteroatoms. The van der Waals surface area contributed by atoms with Gasteiger partial charge in [0.05, 0.1) is 0 Å². The van der Waals surface area contributed by atoms with Crippen LogP contribution < -0.4 is 10.6 Å². The van der Waals surface area contributed by atoms with Crippen molar-refractivity contribution in [2.45, 2.75) is 63.8 Å². The van der Waals surface area contributed by atoms with Gasteiger partial charge in [0, 0.05) is 66.3 Å². The van der Waals surface area contributed by atoms with Gasteiger partial charge in [-0.3, -0.25) is 9.20 Å². The maximum atomic E-state index is 12.2. The molecule has 3 unspecified atom stereocenters. The van der Waals surface area contributed by atoms with Crippen molar-refractivity contribution in [3.05, 3.63) is 54.1 Å². The summed E-state index contributed by atoms with van der Waals surface area (Å²) in [7, 11) is -0.709. The van der Waals surface area contributed by atoms with Crippen LogP contribution in [0.25, 0.3) is 0 Å². The summed E-state index contributed by atoms with van der Waals surface area (Å²) < 4.78 is 14.4. The number of rotatable bonds is 9. The van der Waals surface area contributed by atoms with Crippen LogP contribution in [-0.4, -0.2) is 49.9 Å². The third-order valence-electron chi connectivity index (χ3n) is 5.57. The Labute approximate surface area is 206 Å². The minimum absolute atomic E-state index is 0. The molecule has 3 atom stereocenters. The number of imidazole rings is 1. The lowest BCUT2D eigenvalue weighted by Gasteiger charge is -2.30. The largest absolute Gasteiger partial charge is 0.357 e. The number of aliphatic imine (C=N–C) groups is 1. The molecule has 6 nitrogen and oxygen atoms in total. The first kappa shape index (κ1) is 25.8. The lowest BCUT2D eigenvalue weighted by Crippen LogP contribution is -2.46. The van der Waals surface area contributed by atoms with E-state index in [1.54, 1.807) is 0 Å². The Morgan fingerprint density at radius 1 is 1.26 bits per heavy atom. The van der Waals surface area contributed by atoms with E-state index >= 15 is 0 Å². The Kier molecular flexibility index (Phi) is 11.6. The number of guanidine groups is 1. The van der Waals surface area contributed by atoms with Crippen LogP contribution in [0.2, 0.25) is 0 Å². The van der Waals surface area contributed by atoms with Gasteiger partial charge in [0.15, 0.2) is 5.96 Å². The van der Waals surface area contributed by atoms with E-state index in [0.29, 0.717) is 17.8 Å². The molecule has 0 radical (unpaired) electrons. The first-order valence-electron chi connectivity index (χ1n) is 11.2. The van der Waals surface area contributed by atoms with Crippen LogP contribution >= 0.6 is 24.0 Å². The Morgan fingerprint density at radius 2 is 2.06 bits per heavy atom. The summed E-state index contributed by atoms with van der Waals surface area (Å²) >= 11 is 0. The number of benzene rings is 1. The predicted molar refractivity (Wildman–Crippen MR) is 141 cm³/mol. The van der Waals surface area contributed by atoms with E-state index in [9.17, 15) is 4.21 Å². The second kappa shape index (κ2) is 13.9. The Bertz CT molecular complexity index is 826. The average Bonchev–Trinajstić information content (AvgIpc) is 3.21. The molecule has 1 saturated carbocycles. The fourth-order valence-corrected chi connectivity index (χ4v) is 5.37. The van der Waals surface area contributed by atoms with Crippen LogP contribution in [0.4, 0.5) is 0 Å². The van der Waals surface area contributed by atoms with Crippen molar-refractivity contribution in [2.24, 2.45) is 4.99 Å². The predicted octanol–water partition coefficient (Wildman–Crippen LogP) is 3.73. The van der Waals surface area contributed by atoms with Gasteiger partial charge in [0.2, 0.25) is 0 Å². The van der Waals surface area contributed by atoms with E-state index in [2.05, 4.69) is 51.4 Å². The zero-order valence-corrected chi connectivity index (χ0v) is 21.8. The van der Waals surface area contributed by atoms with Crippen molar-refractivity contribution in [3.8, 4) is 0 Å².